The third kappa shape index (κ3) is 12.7. The number of hydrogen-bond donors (Lipinski definition) is 7. The van der Waals surface area contributed by atoms with Crippen molar-refractivity contribution < 1.29 is 38.4 Å². The molecule has 406 valence electrons. The van der Waals surface area contributed by atoms with Gasteiger partial charge in [-0.15, -0.1) is 44.6 Å². The Labute approximate surface area is 461 Å². The first-order valence-corrected chi connectivity index (χ1v) is 28.1. The van der Waals surface area contributed by atoms with Crippen LogP contribution in [0, 0.1) is 33.1 Å². The van der Waals surface area contributed by atoms with Crippen LogP contribution in [0.5, 0.6) is 0 Å². The van der Waals surface area contributed by atoms with E-state index in [9.17, 15) is 38.4 Å². The third-order valence-electron chi connectivity index (χ3n) is 13.5. The molecule has 0 spiro atoms. The fourth-order valence-corrected chi connectivity index (χ4v) is 12.3. The van der Waals surface area contributed by atoms with Gasteiger partial charge in [-0.2, -0.15) is 0 Å². The predicted molar refractivity (Wildman–Crippen MR) is 294 cm³/mol. The number of thioether (sulfide) groups is 1. The van der Waals surface area contributed by atoms with Gasteiger partial charge in [0.15, 0.2) is 5.82 Å². The number of nitrogens with one attached hydrogen (secondary N) is 6. The smallest absolute Gasteiger partial charge is 0.247 e. The van der Waals surface area contributed by atoms with Gasteiger partial charge >= 0.3 is 0 Å². The molecule has 3 aliphatic heterocycles. The molecule has 6 atom stereocenters. The molecule has 0 unspecified atom stereocenters. The van der Waals surface area contributed by atoms with E-state index in [1.807, 2.05) is 37.5 Å². The molecular weight excluding hydrogens is 1070 g/mol. The van der Waals surface area contributed by atoms with Crippen LogP contribution in [0.15, 0.2) is 59.0 Å². The summed E-state index contributed by atoms with van der Waals surface area (Å²) < 4.78 is 1.88. The maximum Gasteiger partial charge on any atom is 0.247 e. The zero-order valence-electron chi connectivity index (χ0n) is 43.4. The van der Waals surface area contributed by atoms with Crippen LogP contribution in [0.25, 0.3) is 15.4 Å². The number of amides is 8. The van der Waals surface area contributed by atoms with Crippen LogP contribution in [0.4, 0.5) is 0 Å². The van der Waals surface area contributed by atoms with Gasteiger partial charge in [0.05, 0.1) is 40.5 Å². The molecule has 0 bridgehead atoms. The highest BCUT2D eigenvalue weighted by Crippen LogP contribution is 2.40. The van der Waals surface area contributed by atoms with E-state index in [0.29, 0.717) is 34.4 Å². The number of aromatic nitrogens is 4. The van der Waals surface area contributed by atoms with Gasteiger partial charge in [0, 0.05) is 39.9 Å². The van der Waals surface area contributed by atoms with Crippen molar-refractivity contribution >= 4 is 99.0 Å². The number of rotatable bonds is 8. The second kappa shape index (κ2) is 23.7. The lowest BCUT2D eigenvalue weighted by Crippen LogP contribution is -2.58. The van der Waals surface area contributed by atoms with Crippen LogP contribution in [0.3, 0.4) is 0 Å². The number of carbonyl (C=O) groups excluding carboxylic acids is 8. The summed E-state index contributed by atoms with van der Waals surface area (Å²) in [6, 6.07) is 6.86. The average molecular weight is 1130 g/mol. The highest BCUT2D eigenvalue weighted by Gasteiger charge is 2.43. The normalized spacial score (nSPS) is 22.1. The lowest BCUT2D eigenvalue weighted by molar-refractivity contribution is -0.144. The SMILES string of the molecule is Cc1ncsc1-c1ccc([C@@H]2NC(=O)[C@@H]3CCCN3C(=O)[C@H](C(C)(C)C)NC(=O)CSC[C@H](C(N)=O)NC(=O)[C@H](CNC(=O)C[C@@H]3N=C(c4ccc(Cl)cc4)c4c(sc(C)c4C)-n4c(C)nnc43)NC(=O)CNC2=O)cc1. The van der Waals surface area contributed by atoms with Gasteiger partial charge in [-0.25, -0.2) is 4.98 Å². The topological polar surface area (TPSA) is 294 Å². The van der Waals surface area contributed by atoms with Gasteiger partial charge in [-0.1, -0.05) is 68.8 Å². The summed E-state index contributed by atoms with van der Waals surface area (Å²) in [5.41, 5.74) is 11.9. The van der Waals surface area contributed by atoms with Crippen molar-refractivity contribution in [3.63, 3.8) is 0 Å². The summed E-state index contributed by atoms with van der Waals surface area (Å²) in [5, 5.41) is 26.3. The van der Waals surface area contributed by atoms with Crippen LogP contribution in [0.2, 0.25) is 5.02 Å². The number of thiazole rings is 1. The highest BCUT2D eigenvalue weighted by molar-refractivity contribution is 8.00. The van der Waals surface area contributed by atoms with Crippen LogP contribution >= 0.6 is 46.0 Å². The zero-order chi connectivity index (χ0) is 55.5. The standard InChI is InChI=1S/C52H60ClN13O8S3/c1-25-27(3)77-51-40(25)41(29-14-16-32(53)17-15-29)59-33(46-64-63-28(4)66(46)51)19-37(67)55-20-34-47(71)60-35(45(54)70)22-75-23-39(69)61-44(52(5,6)7)50(74)65-18-8-9-36(65)48(72)62-42(49(73)56-21-38(68)58-34)30-10-12-31(13-11-30)43-26(2)57-24-76-43/h10-17,24,33-36,42,44H,8-9,18-23H2,1-7H3,(H2,54,70)(H,55,67)(H,56,73)(H,58,68)(H,60,71)(H,61,69)(H,62,72)/t33-,34-,35+,36-,42-,44+/m0/s1. The molecule has 77 heavy (non-hydrogen) atoms. The predicted octanol–water partition coefficient (Wildman–Crippen LogP) is 3.44. The summed E-state index contributed by atoms with van der Waals surface area (Å²) in [4.78, 5) is 124. The Balaban J connectivity index is 1.07. The molecule has 8 rings (SSSR count). The molecule has 3 aliphatic rings. The number of hydrogen-bond acceptors (Lipinski definition) is 15. The summed E-state index contributed by atoms with van der Waals surface area (Å²) in [7, 11) is 0. The number of aliphatic imine (C=N–C) groups is 1. The number of nitrogens with two attached hydrogens (primary N) is 1. The van der Waals surface area contributed by atoms with Crippen LogP contribution in [-0.4, -0.2) is 133 Å². The molecule has 3 aromatic heterocycles. The van der Waals surface area contributed by atoms with E-state index in [4.69, 9.17) is 22.3 Å². The first-order chi connectivity index (χ1) is 36.6. The number of carbonyl (C=O) groups is 8. The molecule has 2 saturated heterocycles. The molecule has 6 heterocycles. The van der Waals surface area contributed by atoms with E-state index in [-0.39, 0.29) is 30.9 Å². The summed E-state index contributed by atoms with van der Waals surface area (Å²) in [6.45, 7) is 12.0. The lowest BCUT2D eigenvalue weighted by Gasteiger charge is -2.35. The van der Waals surface area contributed by atoms with Crippen molar-refractivity contribution in [2.45, 2.75) is 104 Å². The molecule has 21 nitrogen and oxygen atoms in total. The highest BCUT2D eigenvalue weighted by atomic mass is 35.5. The summed E-state index contributed by atoms with van der Waals surface area (Å²) >= 11 is 10.2. The second-order valence-electron chi connectivity index (χ2n) is 20.1. The van der Waals surface area contributed by atoms with Crippen molar-refractivity contribution in [3.8, 4) is 15.4 Å². The fourth-order valence-electron chi connectivity index (χ4n) is 9.32. The quantitative estimate of drug-likeness (QED) is 0.118. The molecule has 0 radical (unpaired) electrons. The van der Waals surface area contributed by atoms with Crippen LogP contribution in [0.1, 0.15) is 96.6 Å². The molecule has 8 N–H and O–H groups in total. The van der Waals surface area contributed by atoms with E-state index in [1.54, 1.807) is 80.9 Å². The minimum Gasteiger partial charge on any atom is -0.368 e. The van der Waals surface area contributed by atoms with Crippen LogP contribution in [-0.2, 0) is 38.4 Å². The Kier molecular flexibility index (Phi) is 17.3. The summed E-state index contributed by atoms with van der Waals surface area (Å²) in [5.74, 6) is -5.26. The van der Waals surface area contributed by atoms with Gasteiger partial charge in [0.1, 0.15) is 47.1 Å². The van der Waals surface area contributed by atoms with Crippen LogP contribution < -0.4 is 37.6 Å². The number of benzene rings is 2. The second-order valence-corrected chi connectivity index (χ2v) is 23.6. The molecule has 0 aliphatic carbocycles. The first kappa shape index (κ1) is 56.2. The van der Waals surface area contributed by atoms with E-state index in [1.165, 1.54) is 16.2 Å². The Bertz CT molecular complexity index is 3150. The largest absolute Gasteiger partial charge is 0.368 e. The number of thiophene rings is 1. The van der Waals surface area contributed by atoms with Crippen molar-refractivity contribution in [1.82, 2.24) is 56.5 Å². The van der Waals surface area contributed by atoms with E-state index < -0.39 is 102 Å². The number of primary amides is 1. The molecular formula is C52H60ClN13O8S3. The van der Waals surface area contributed by atoms with E-state index >= 15 is 0 Å². The molecule has 25 heteroatoms. The molecule has 5 aromatic rings. The number of aryl methyl sites for hydroxylation is 3. The first-order valence-electron chi connectivity index (χ1n) is 24.9. The Morgan fingerprint density at radius 1 is 0.870 bits per heavy atom. The van der Waals surface area contributed by atoms with Gasteiger partial charge < -0.3 is 42.5 Å². The van der Waals surface area contributed by atoms with Crippen molar-refractivity contribution in [2.75, 3.05) is 31.1 Å². The Hall–Kier alpha value is -7.02. The number of nitrogens with zero attached hydrogens (tertiary/aromatic N) is 6. The Morgan fingerprint density at radius 3 is 2.26 bits per heavy atom. The van der Waals surface area contributed by atoms with Crippen molar-refractivity contribution in [2.24, 2.45) is 16.1 Å². The molecule has 2 aromatic carbocycles. The van der Waals surface area contributed by atoms with Crippen molar-refractivity contribution in [1.29, 1.82) is 0 Å². The van der Waals surface area contributed by atoms with Gasteiger partial charge in [0.25, 0.3) is 0 Å². The monoisotopic (exact) mass is 1130 g/mol. The molecule has 0 saturated carbocycles. The maximum atomic E-state index is 14.4. The van der Waals surface area contributed by atoms with Gasteiger partial charge in [0.2, 0.25) is 47.3 Å². The number of halogens is 1. The minimum atomic E-state index is -1.55. The van der Waals surface area contributed by atoms with E-state index in [0.717, 1.165) is 54.5 Å². The fraction of sp³-hybridized carbons (Fsp3) is 0.423. The third-order valence-corrected chi connectivity index (χ3v) is 17.0. The maximum absolute atomic E-state index is 14.4. The Morgan fingerprint density at radius 2 is 1.58 bits per heavy atom. The minimum absolute atomic E-state index is 0.188. The molecule has 2 fully saturated rings. The van der Waals surface area contributed by atoms with Gasteiger partial charge in [-0.05, 0) is 74.8 Å². The van der Waals surface area contributed by atoms with E-state index in [2.05, 4.69) is 47.1 Å². The summed E-state index contributed by atoms with van der Waals surface area (Å²) in [6.07, 6.45) is 0.479. The lowest BCUT2D eigenvalue weighted by atomic mass is 9.85. The number of fused-ring (bicyclic) bond motifs is 4. The zero-order valence-corrected chi connectivity index (χ0v) is 46.7. The van der Waals surface area contributed by atoms with Gasteiger partial charge in [-0.3, -0.25) is 47.9 Å². The van der Waals surface area contributed by atoms with Crippen molar-refractivity contribution in [3.05, 3.63) is 104 Å². The molecule has 8 amide bonds. The average Bonchev–Trinajstić information content (AvgIpc) is 4.24.